The summed E-state index contributed by atoms with van der Waals surface area (Å²) in [4.78, 5) is 5.52. The van der Waals surface area contributed by atoms with Crippen molar-refractivity contribution in [2.24, 2.45) is 0 Å². The minimum atomic E-state index is -0.217. The van der Waals surface area contributed by atoms with Crippen LogP contribution in [0, 0.1) is 13.8 Å². The molecule has 0 radical (unpaired) electrons. The van der Waals surface area contributed by atoms with Crippen LogP contribution >= 0.6 is 0 Å². The molecule has 3 aliphatic carbocycles. The Balaban J connectivity index is 1.30. The van der Waals surface area contributed by atoms with Crippen LogP contribution in [-0.2, 0) is 43.3 Å². The second-order valence-electron chi connectivity index (χ2n) is 28.8. The fraction of sp³-hybridized carbons (Fsp3) is 0.471. The van der Waals surface area contributed by atoms with Crippen molar-refractivity contribution in [1.29, 1.82) is 0 Å². The number of hydrogen-bond acceptors (Lipinski definition) is 2. The summed E-state index contributed by atoms with van der Waals surface area (Å²) in [7, 11) is 0. The van der Waals surface area contributed by atoms with E-state index in [0.29, 0.717) is 0 Å². The molecule has 0 unspecified atom stereocenters. The van der Waals surface area contributed by atoms with E-state index in [2.05, 4.69) is 238 Å². The van der Waals surface area contributed by atoms with Crippen LogP contribution in [0.2, 0.25) is 0 Å². The lowest BCUT2D eigenvalue weighted by Crippen LogP contribution is -2.62. The summed E-state index contributed by atoms with van der Waals surface area (Å²) in [6, 6.07) is 39.7. The number of nitrogens with zero attached hydrogens (tertiary/aromatic N) is 2. The zero-order valence-electron chi connectivity index (χ0n) is 47.2. The maximum atomic E-state index is 2.78. The largest absolute Gasteiger partial charge is 0.311 e. The predicted octanol–water partition coefficient (Wildman–Crippen LogP) is 16.7. The quantitative estimate of drug-likeness (QED) is 0.162. The summed E-state index contributed by atoms with van der Waals surface area (Å²) >= 11 is 0. The van der Waals surface area contributed by atoms with Gasteiger partial charge < -0.3 is 9.80 Å². The van der Waals surface area contributed by atoms with Gasteiger partial charge in [-0.3, -0.25) is 0 Å². The fourth-order valence-electron chi connectivity index (χ4n) is 15.0. The van der Waals surface area contributed by atoms with Crippen molar-refractivity contribution in [3.63, 3.8) is 0 Å². The molecule has 5 aliphatic rings. The Morgan fingerprint density at radius 1 is 0.408 bits per heavy atom. The van der Waals surface area contributed by atoms with E-state index < -0.39 is 0 Å². The Hall–Kier alpha value is -5.02. The highest BCUT2D eigenvalue weighted by molar-refractivity contribution is 7.00. The van der Waals surface area contributed by atoms with Crippen molar-refractivity contribution >= 4 is 57.2 Å². The Kier molecular flexibility index (Phi) is 10.2. The van der Waals surface area contributed by atoms with Crippen molar-refractivity contribution in [2.75, 3.05) is 9.80 Å². The van der Waals surface area contributed by atoms with Crippen molar-refractivity contribution < 1.29 is 0 Å². The number of anilines is 6. The van der Waals surface area contributed by atoms with Gasteiger partial charge in [0.25, 0.3) is 6.71 Å². The zero-order chi connectivity index (χ0) is 51.1. The van der Waals surface area contributed by atoms with Crippen LogP contribution in [0.25, 0.3) is 0 Å². The molecule has 2 nitrogen and oxygen atoms in total. The van der Waals surface area contributed by atoms with E-state index in [1.165, 1.54) is 132 Å². The number of rotatable bonds is 4. The van der Waals surface area contributed by atoms with Crippen LogP contribution < -0.4 is 26.2 Å². The second-order valence-corrected chi connectivity index (χ2v) is 28.8. The van der Waals surface area contributed by atoms with Crippen LogP contribution in [0.15, 0.2) is 97.1 Å². The Bertz CT molecular complexity index is 3220. The van der Waals surface area contributed by atoms with Gasteiger partial charge in [0.1, 0.15) is 0 Å². The number of fused-ring (bicyclic) bond motifs is 7. The first-order chi connectivity index (χ1) is 32.9. The van der Waals surface area contributed by atoms with E-state index >= 15 is 0 Å². The molecule has 0 saturated heterocycles. The molecule has 2 heterocycles. The normalized spacial score (nSPS) is 20.4. The van der Waals surface area contributed by atoms with Crippen molar-refractivity contribution in [2.45, 2.75) is 207 Å². The molecule has 0 aromatic heterocycles. The fourth-order valence-corrected chi connectivity index (χ4v) is 15.0. The standard InChI is InChI=1S/C68H83BN2/c1-41-33-47-50(67(16,17)40-66(47,14)15)38-55(41)71-56-39-49-48(63(8,9)29-30-64(49,10)11)37-52(56)69-51-34-44(68(18,19)43-23-21-20-22-24-43)25-27-54(51)70(57-35-45(61(3,4)5)36-58(71)60(57)69)53-28-26-46-59(42(53)2)65(12,13)32-31-62(46,6)7/h20-28,33-39H,29-32,40H2,1-19H3. The lowest BCUT2D eigenvalue weighted by molar-refractivity contribution is 0.330. The Labute approximate surface area is 430 Å². The molecule has 11 rings (SSSR count). The highest BCUT2D eigenvalue weighted by Gasteiger charge is 2.50. The van der Waals surface area contributed by atoms with Gasteiger partial charge in [0, 0.05) is 39.5 Å². The summed E-state index contributed by atoms with van der Waals surface area (Å²) < 4.78 is 0. The maximum Gasteiger partial charge on any atom is 0.252 e. The first kappa shape index (κ1) is 48.3. The zero-order valence-corrected chi connectivity index (χ0v) is 47.2. The van der Waals surface area contributed by atoms with E-state index in [1.807, 2.05) is 0 Å². The lowest BCUT2D eigenvalue weighted by Gasteiger charge is -2.49. The first-order valence-corrected chi connectivity index (χ1v) is 27.4. The lowest BCUT2D eigenvalue weighted by atomic mass is 9.32. The summed E-state index contributed by atoms with van der Waals surface area (Å²) in [5, 5.41) is 0. The number of hydrogen-bond donors (Lipinski definition) is 0. The van der Waals surface area contributed by atoms with Gasteiger partial charge in [-0.1, -0.05) is 178 Å². The molecular formula is C68H83BN2. The molecule has 0 atom stereocenters. The smallest absolute Gasteiger partial charge is 0.252 e. The van der Waals surface area contributed by atoms with Crippen LogP contribution in [0.3, 0.4) is 0 Å². The minimum absolute atomic E-state index is 0.0163. The molecule has 2 aliphatic heterocycles. The van der Waals surface area contributed by atoms with Crippen LogP contribution in [0.5, 0.6) is 0 Å². The third-order valence-corrected chi connectivity index (χ3v) is 19.5. The maximum absolute atomic E-state index is 2.78. The SMILES string of the molecule is Cc1cc2c(cc1N1c3cc4c(cc3B3c5cc(C(C)(C)c6ccccc6)ccc5N(c5ccc6c(c5C)C(C)(C)CCC6(C)C)c5cc(C(C)(C)C)cc1c53)C(C)(C)CCC4(C)C)C(C)(C)CC2(C)C. The highest BCUT2D eigenvalue weighted by Crippen LogP contribution is 2.56. The van der Waals surface area contributed by atoms with E-state index in [0.717, 1.165) is 6.42 Å². The Morgan fingerprint density at radius 2 is 0.901 bits per heavy atom. The molecule has 6 aromatic rings. The van der Waals surface area contributed by atoms with Crippen molar-refractivity contribution in [1.82, 2.24) is 0 Å². The van der Waals surface area contributed by atoms with E-state index in [1.54, 1.807) is 5.56 Å². The van der Waals surface area contributed by atoms with Gasteiger partial charge in [0.2, 0.25) is 0 Å². The molecule has 71 heavy (non-hydrogen) atoms. The van der Waals surface area contributed by atoms with E-state index in [9.17, 15) is 0 Å². The molecule has 0 bridgehead atoms. The highest BCUT2D eigenvalue weighted by atomic mass is 15.2. The first-order valence-electron chi connectivity index (χ1n) is 27.4. The summed E-state index contributed by atoms with van der Waals surface area (Å²) in [6.45, 7) is 46.8. The topological polar surface area (TPSA) is 6.48 Å². The van der Waals surface area contributed by atoms with Crippen molar-refractivity contribution in [3.8, 4) is 0 Å². The molecule has 0 spiro atoms. The molecular weight excluding hydrogens is 856 g/mol. The third kappa shape index (κ3) is 7.07. The van der Waals surface area contributed by atoms with Gasteiger partial charge >= 0.3 is 0 Å². The number of aryl methyl sites for hydroxylation is 1. The van der Waals surface area contributed by atoms with Crippen LogP contribution in [0.1, 0.15) is 211 Å². The molecule has 0 saturated carbocycles. The van der Waals surface area contributed by atoms with E-state index in [4.69, 9.17) is 0 Å². The summed E-state index contributed by atoms with van der Waals surface area (Å²) in [5.74, 6) is 0. The molecule has 0 N–H and O–H groups in total. The minimum Gasteiger partial charge on any atom is -0.311 e. The Morgan fingerprint density at radius 3 is 1.51 bits per heavy atom. The van der Waals surface area contributed by atoms with Gasteiger partial charge in [-0.25, -0.2) is 0 Å². The molecule has 368 valence electrons. The molecule has 0 amide bonds. The van der Waals surface area contributed by atoms with Crippen molar-refractivity contribution in [3.05, 3.63) is 158 Å². The van der Waals surface area contributed by atoms with Crippen LogP contribution in [-0.4, -0.2) is 6.71 Å². The van der Waals surface area contributed by atoms with Gasteiger partial charge in [-0.05, 0) is 198 Å². The van der Waals surface area contributed by atoms with E-state index in [-0.39, 0.29) is 50.0 Å². The number of benzene rings is 6. The van der Waals surface area contributed by atoms with Gasteiger partial charge in [-0.2, -0.15) is 0 Å². The summed E-state index contributed by atoms with van der Waals surface area (Å²) in [5.41, 5.74) is 28.2. The van der Waals surface area contributed by atoms with Gasteiger partial charge in [0.05, 0.1) is 0 Å². The van der Waals surface area contributed by atoms with Gasteiger partial charge in [-0.15, -0.1) is 0 Å². The molecule has 0 fully saturated rings. The van der Waals surface area contributed by atoms with Gasteiger partial charge in [0.15, 0.2) is 0 Å². The monoisotopic (exact) mass is 939 g/mol. The summed E-state index contributed by atoms with van der Waals surface area (Å²) in [6.07, 6.45) is 5.88. The third-order valence-electron chi connectivity index (χ3n) is 19.5. The molecule has 3 heteroatoms. The van der Waals surface area contributed by atoms with Crippen LogP contribution in [0.4, 0.5) is 34.1 Å². The molecule has 6 aromatic carbocycles. The second kappa shape index (κ2) is 15.0. The average Bonchev–Trinajstić information content (AvgIpc) is 3.47. The predicted molar refractivity (Wildman–Crippen MR) is 308 cm³/mol. The average molecular weight is 939 g/mol.